The maximum atomic E-state index is 11.3. The Morgan fingerprint density at radius 1 is 1.12 bits per heavy atom. The monoisotopic (exact) mass is 231 g/mol. The van der Waals surface area contributed by atoms with Crippen molar-refractivity contribution in [3.05, 3.63) is 40.2 Å². The molecule has 0 radical (unpaired) electrons. The van der Waals surface area contributed by atoms with Crippen LogP contribution in [0.15, 0.2) is 33.5 Å². The minimum Gasteiger partial charge on any atom is -0.422 e. The molecule has 0 aliphatic heterocycles. The Bertz CT molecular complexity index is 582. The predicted octanol–water partition coefficient (Wildman–Crippen LogP) is 2.95. The lowest BCUT2D eigenvalue weighted by atomic mass is 10.1. The molecule has 0 unspecified atom stereocenters. The van der Waals surface area contributed by atoms with E-state index in [2.05, 4.69) is 24.8 Å². The highest BCUT2D eigenvalue weighted by Gasteiger charge is 2.10. The maximum absolute atomic E-state index is 11.3. The van der Waals surface area contributed by atoms with Crippen molar-refractivity contribution < 1.29 is 4.42 Å². The molecular formula is C14H17NO2. The Hall–Kier alpha value is -1.77. The fraction of sp³-hybridized carbons (Fsp3) is 0.357. The third kappa shape index (κ3) is 2.05. The van der Waals surface area contributed by atoms with Gasteiger partial charge in [0.2, 0.25) is 0 Å². The first kappa shape index (κ1) is 11.7. The van der Waals surface area contributed by atoms with Crippen LogP contribution in [0.25, 0.3) is 11.0 Å². The van der Waals surface area contributed by atoms with Gasteiger partial charge in [-0.25, -0.2) is 4.79 Å². The van der Waals surface area contributed by atoms with Crippen molar-refractivity contribution in [2.24, 2.45) is 0 Å². The number of rotatable bonds is 3. The predicted molar refractivity (Wildman–Crippen MR) is 70.8 cm³/mol. The van der Waals surface area contributed by atoms with Crippen molar-refractivity contribution in [2.75, 3.05) is 18.0 Å². The molecule has 1 aromatic carbocycles. The lowest BCUT2D eigenvalue weighted by Gasteiger charge is -2.23. The molecule has 0 atom stereocenters. The Morgan fingerprint density at radius 3 is 2.41 bits per heavy atom. The van der Waals surface area contributed by atoms with Gasteiger partial charge in [0.15, 0.2) is 0 Å². The molecule has 0 N–H and O–H groups in total. The Kier molecular flexibility index (Phi) is 3.18. The molecule has 17 heavy (non-hydrogen) atoms. The summed E-state index contributed by atoms with van der Waals surface area (Å²) in [5, 5.41) is 0.970. The zero-order valence-electron chi connectivity index (χ0n) is 10.5. The normalized spacial score (nSPS) is 10.8. The number of nitrogens with zero attached hydrogens (tertiary/aromatic N) is 1. The second-order valence-corrected chi connectivity index (χ2v) is 4.05. The van der Waals surface area contributed by atoms with E-state index in [4.69, 9.17) is 4.42 Å². The van der Waals surface area contributed by atoms with Gasteiger partial charge in [0.05, 0.1) is 0 Å². The lowest BCUT2D eigenvalue weighted by molar-refractivity contribution is 0.558. The van der Waals surface area contributed by atoms with Crippen LogP contribution in [0.5, 0.6) is 0 Å². The van der Waals surface area contributed by atoms with Crippen LogP contribution in [0.3, 0.4) is 0 Å². The van der Waals surface area contributed by atoms with Gasteiger partial charge in [0.1, 0.15) is 5.58 Å². The number of benzene rings is 1. The van der Waals surface area contributed by atoms with E-state index in [1.807, 2.05) is 13.0 Å². The molecule has 0 saturated heterocycles. The minimum atomic E-state index is -0.294. The highest BCUT2D eigenvalue weighted by Crippen LogP contribution is 2.27. The van der Waals surface area contributed by atoms with E-state index in [1.165, 1.54) is 6.07 Å². The van der Waals surface area contributed by atoms with E-state index in [1.54, 1.807) is 6.07 Å². The summed E-state index contributed by atoms with van der Waals surface area (Å²) in [4.78, 5) is 13.5. The average Bonchev–Trinajstić information content (AvgIpc) is 2.34. The van der Waals surface area contributed by atoms with Gasteiger partial charge in [-0.15, -0.1) is 0 Å². The first-order valence-electron chi connectivity index (χ1n) is 5.95. The Morgan fingerprint density at radius 2 is 1.76 bits per heavy atom. The average molecular weight is 231 g/mol. The van der Waals surface area contributed by atoms with Crippen LogP contribution in [-0.4, -0.2) is 13.1 Å². The molecule has 3 nitrogen and oxygen atoms in total. The van der Waals surface area contributed by atoms with Gasteiger partial charge in [0.25, 0.3) is 0 Å². The number of anilines is 1. The molecule has 3 heteroatoms. The molecule has 0 aliphatic rings. The van der Waals surface area contributed by atoms with Crippen molar-refractivity contribution in [3.63, 3.8) is 0 Å². The van der Waals surface area contributed by atoms with E-state index in [9.17, 15) is 4.79 Å². The van der Waals surface area contributed by atoms with Crippen molar-refractivity contribution >= 4 is 16.7 Å². The molecule has 2 rings (SSSR count). The molecule has 0 aliphatic carbocycles. The van der Waals surface area contributed by atoms with Gasteiger partial charge in [-0.3, -0.25) is 0 Å². The molecule has 1 aromatic heterocycles. The smallest absolute Gasteiger partial charge is 0.336 e. The Balaban J connectivity index is 2.67. The SMILES string of the molecule is CCN(CC)c1ccc2ccc(=O)oc2c1C. The van der Waals surface area contributed by atoms with E-state index >= 15 is 0 Å². The summed E-state index contributed by atoms with van der Waals surface area (Å²) in [6.07, 6.45) is 0. The molecule has 0 spiro atoms. The molecule has 0 fully saturated rings. The molecule has 90 valence electrons. The zero-order chi connectivity index (χ0) is 12.4. The lowest BCUT2D eigenvalue weighted by Crippen LogP contribution is -2.22. The highest BCUT2D eigenvalue weighted by molar-refractivity contribution is 5.84. The second kappa shape index (κ2) is 4.62. The number of hydrogen-bond donors (Lipinski definition) is 0. The van der Waals surface area contributed by atoms with Crippen LogP contribution in [0.2, 0.25) is 0 Å². The summed E-state index contributed by atoms with van der Waals surface area (Å²) in [5.74, 6) is 0. The van der Waals surface area contributed by atoms with Gasteiger partial charge in [-0.1, -0.05) is 0 Å². The molecular weight excluding hydrogens is 214 g/mol. The van der Waals surface area contributed by atoms with E-state index in [-0.39, 0.29) is 5.63 Å². The number of aryl methyl sites for hydroxylation is 1. The fourth-order valence-corrected chi connectivity index (χ4v) is 2.17. The van der Waals surface area contributed by atoms with Crippen LogP contribution in [0.1, 0.15) is 19.4 Å². The summed E-state index contributed by atoms with van der Waals surface area (Å²) in [6.45, 7) is 8.13. The highest BCUT2D eigenvalue weighted by atomic mass is 16.4. The summed E-state index contributed by atoms with van der Waals surface area (Å²) in [5.41, 5.74) is 2.57. The van der Waals surface area contributed by atoms with Crippen molar-refractivity contribution in [1.82, 2.24) is 0 Å². The van der Waals surface area contributed by atoms with Crippen LogP contribution in [-0.2, 0) is 0 Å². The third-order valence-electron chi connectivity index (χ3n) is 3.11. The van der Waals surface area contributed by atoms with Gasteiger partial charge >= 0.3 is 5.63 Å². The van der Waals surface area contributed by atoms with Crippen molar-refractivity contribution in [2.45, 2.75) is 20.8 Å². The summed E-state index contributed by atoms with van der Waals surface area (Å²) in [7, 11) is 0. The van der Waals surface area contributed by atoms with E-state index in [0.717, 1.165) is 29.7 Å². The largest absolute Gasteiger partial charge is 0.422 e. The molecule has 1 heterocycles. The topological polar surface area (TPSA) is 33.5 Å². The van der Waals surface area contributed by atoms with Crippen molar-refractivity contribution in [3.8, 4) is 0 Å². The summed E-state index contributed by atoms with van der Waals surface area (Å²) < 4.78 is 5.29. The summed E-state index contributed by atoms with van der Waals surface area (Å²) in [6, 6.07) is 7.35. The molecule has 2 aromatic rings. The summed E-state index contributed by atoms with van der Waals surface area (Å²) >= 11 is 0. The first-order valence-corrected chi connectivity index (χ1v) is 5.95. The standard InChI is InChI=1S/C14H17NO2/c1-4-15(5-2)12-8-6-11-7-9-13(16)17-14(11)10(12)3/h6-9H,4-5H2,1-3H3. The van der Waals surface area contributed by atoms with Gasteiger partial charge < -0.3 is 9.32 Å². The van der Waals surface area contributed by atoms with Gasteiger partial charge in [-0.05, 0) is 39.0 Å². The maximum Gasteiger partial charge on any atom is 0.336 e. The van der Waals surface area contributed by atoms with Crippen LogP contribution < -0.4 is 10.5 Å². The van der Waals surface area contributed by atoms with Crippen molar-refractivity contribution in [1.29, 1.82) is 0 Å². The van der Waals surface area contributed by atoms with E-state index < -0.39 is 0 Å². The molecule has 0 bridgehead atoms. The van der Waals surface area contributed by atoms with E-state index in [0.29, 0.717) is 5.58 Å². The quantitative estimate of drug-likeness (QED) is 0.761. The van der Waals surface area contributed by atoms with Gasteiger partial charge in [0, 0.05) is 35.8 Å². The first-order chi connectivity index (χ1) is 8.17. The molecule has 0 saturated carbocycles. The van der Waals surface area contributed by atoms with Gasteiger partial charge in [-0.2, -0.15) is 0 Å². The number of fused-ring (bicyclic) bond motifs is 1. The fourth-order valence-electron chi connectivity index (χ4n) is 2.17. The molecule has 0 amide bonds. The van der Waals surface area contributed by atoms with Crippen LogP contribution in [0, 0.1) is 6.92 Å². The third-order valence-corrected chi connectivity index (χ3v) is 3.11. The minimum absolute atomic E-state index is 0.294. The van der Waals surface area contributed by atoms with Crippen LogP contribution >= 0.6 is 0 Å². The Labute approximate surface area is 101 Å². The van der Waals surface area contributed by atoms with Crippen LogP contribution in [0.4, 0.5) is 5.69 Å². The number of hydrogen-bond acceptors (Lipinski definition) is 3. The second-order valence-electron chi connectivity index (χ2n) is 4.05. The zero-order valence-corrected chi connectivity index (χ0v) is 10.5.